The molecule has 0 fully saturated rings. The van der Waals surface area contributed by atoms with E-state index in [2.05, 4.69) is 4.72 Å². The summed E-state index contributed by atoms with van der Waals surface area (Å²) in [5.74, 6) is -0.00901. The molecule has 1 N–H and O–H groups in total. The van der Waals surface area contributed by atoms with Gasteiger partial charge in [0.2, 0.25) is 10.0 Å². The highest BCUT2D eigenvalue weighted by Gasteiger charge is 2.26. The van der Waals surface area contributed by atoms with Crippen molar-refractivity contribution in [3.63, 3.8) is 0 Å². The molecular formula is C24H24N2O3S. The van der Waals surface area contributed by atoms with Gasteiger partial charge < -0.3 is 4.90 Å². The van der Waals surface area contributed by atoms with Gasteiger partial charge in [0.1, 0.15) is 0 Å². The van der Waals surface area contributed by atoms with E-state index < -0.39 is 10.0 Å². The van der Waals surface area contributed by atoms with Crippen LogP contribution in [0.5, 0.6) is 0 Å². The van der Waals surface area contributed by atoms with Crippen molar-refractivity contribution < 1.29 is 13.2 Å². The van der Waals surface area contributed by atoms with Crippen molar-refractivity contribution in [1.29, 1.82) is 0 Å². The maximum absolute atomic E-state index is 12.9. The number of hydrogen-bond acceptors (Lipinski definition) is 3. The Morgan fingerprint density at radius 2 is 1.73 bits per heavy atom. The van der Waals surface area contributed by atoms with Crippen molar-refractivity contribution in [2.24, 2.45) is 0 Å². The summed E-state index contributed by atoms with van der Waals surface area (Å²) < 4.78 is 27.7. The minimum absolute atomic E-state index is 0.00901. The van der Waals surface area contributed by atoms with Crippen LogP contribution in [0, 0.1) is 13.8 Å². The Labute approximate surface area is 177 Å². The Kier molecular flexibility index (Phi) is 5.45. The largest absolute Gasteiger partial charge is 0.308 e. The number of anilines is 1. The number of carbonyl (C=O) groups is 1. The molecule has 30 heavy (non-hydrogen) atoms. The number of aryl methyl sites for hydroxylation is 2. The van der Waals surface area contributed by atoms with E-state index in [1.54, 1.807) is 29.2 Å². The average molecular weight is 421 g/mol. The number of hydrogen-bond donors (Lipinski definition) is 1. The monoisotopic (exact) mass is 420 g/mol. The molecule has 0 saturated carbocycles. The number of rotatable bonds is 5. The van der Waals surface area contributed by atoms with Crippen LogP contribution in [0.2, 0.25) is 0 Å². The molecule has 1 heterocycles. The van der Waals surface area contributed by atoms with E-state index in [-0.39, 0.29) is 17.3 Å². The molecule has 0 radical (unpaired) electrons. The number of amides is 1. The molecule has 1 aliphatic rings. The summed E-state index contributed by atoms with van der Waals surface area (Å²) in [6.45, 7) is 4.72. The fourth-order valence-electron chi connectivity index (χ4n) is 3.69. The number of fused-ring (bicyclic) bond motifs is 1. The highest BCUT2D eigenvalue weighted by molar-refractivity contribution is 7.89. The first-order valence-corrected chi connectivity index (χ1v) is 11.4. The van der Waals surface area contributed by atoms with Crippen molar-refractivity contribution in [2.75, 3.05) is 11.4 Å². The number of sulfonamides is 1. The van der Waals surface area contributed by atoms with Crippen molar-refractivity contribution in [3.05, 3.63) is 94.5 Å². The summed E-state index contributed by atoms with van der Waals surface area (Å²) in [7, 11) is -3.57. The van der Waals surface area contributed by atoms with Gasteiger partial charge in [0.25, 0.3) is 5.91 Å². The van der Waals surface area contributed by atoms with Crippen LogP contribution in [0.3, 0.4) is 0 Å². The second kappa shape index (κ2) is 8.05. The van der Waals surface area contributed by atoms with Crippen LogP contribution in [0.25, 0.3) is 0 Å². The van der Waals surface area contributed by atoms with Gasteiger partial charge in [-0.05, 0) is 61.7 Å². The van der Waals surface area contributed by atoms with Gasteiger partial charge in [-0.1, -0.05) is 47.5 Å². The van der Waals surface area contributed by atoms with Crippen LogP contribution in [0.1, 0.15) is 32.6 Å². The average Bonchev–Trinajstić information content (AvgIpc) is 3.15. The molecule has 0 saturated heterocycles. The lowest BCUT2D eigenvalue weighted by Crippen LogP contribution is -2.28. The smallest absolute Gasteiger partial charge is 0.258 e. The molecule has 154 valence electrons. The summed E-state index contributed by atoms with van der Waals surface area (Å²) in [6.07, 6.45) is 0.755. The molecule has 0 atom stereocenters. The third-order valence-corrected chi connectivity index (χ3v) is 6.76. The number of benzene rings is 3. The van der Waals surface area contributed by atoms with Gasteiger partial charge in [-0.25, -0.2) is 13.1 Å². The zero-order valence-corrected chi connectivity index (χ0v) is 17.9. The van der Waals surface area contributed by atoms with Gasteiger partial charge >= 0.3 is 0 Å². The molecule has 6 heteroatoms. The Morgan fingerprint density at radius 3 is 2.47 bits per heavy atom. The summed E-state index contributed by atoms with van der Waals surface area (Å²) in [6, 6.07) is 20.1. The van der Waals surface area contributed by atoms with Gasteiger partial charge in [-0.3, -0.25) is 4.79 Å². The normalized spacial score (nSPS) is 13.3. The molecule has 1 aliphatic heterocycles. The van der Waals surface area contributed by atoms with Gasteiger partial charge in [0.05, 0.1) is 4.90 Å². The second-order valence-corrected chi connectivity index (χ2v) is 9.44. The highest BCUT2D eigenvalue weighted by Crippen LogP contribution is 2.30. The summed E-state index contributed by atoms with van der Waals surface area (Å²) in [5, 5.41) is 0. The second-order valence-electron chi connectivity index (χ2n) is 7.68. The number of nitrogens with one attached hydrogen (secondary N) is 1. The maximum Gasteiger partial charge on any atom is 0.258 e. The standard InChI is InChI=1S/C24H24N2O3S/c1-17-6-9-22(10-7-17)30(28,29)25-16-19-8-11-23-20(15-19)12-13-26(23)24(27)21-5-3-4-18(2)14-21/h3-11,14-15,25H,12-13,16H2,1-2H3. The predicted molar refractivity (Wildman–Crippen MR) is 118 cm³/mol. The molecular weight excluding hydrogens is 396 g/mol. The lowest BCUT2D eigenvalue weighted by molar-refractivity contribution is 0.0989. The molecule has 0 aliphatic carbocycles. The van der Waals surface area contributed by atoms with E-state index in [1.807, 2.05) is 56.3 Å². The molecule has 4 rings (SSSR count). The van der Waals surface area contributed by atoms with E-state index in [1.165, 1.54) is 0 Å². The molecule has 0 aromatic heterocycles. The molecule has 0 spiro atoms. The Morgan fingerprint density at radius 1 is 0.967 bits per heavy atom. The lowest BCUT2D eigenvalue weighted by Gasteiger charge is -2.18. The molecule has 0 bridgehead atoms. The Bertz CT molecular complexity index is 1200. The quantitative estimate of drug-likeness (QED) is 0.679. The van der Waals surface area contributed by atoms with Crippen LogP contribution in [-0.4, -0.2) is 20.9 Å². The third kappa shape index (κ3) is 4.15. The van der Waals surface area contributed by atoms with Crippen LogP contribution in [0.15, 0.2) is 71.6 Å². The number of nitrogens with zero attached hydrogens (tertiary/aromatic N) is 1. The van der Waals surface area contributed by atoms with Gasteiger partial charge in [-0.15, -0.1) is 0 Å². The summed E-state index contributed by atoms with van der Waals surface area (Å²) in [5.41, 5.74) is 5.57. The molecule has 3 aromatic carbocycles. The SMILES string of the molecule is Cc1ccc(S(=O)(=O)NCc2ccc3c(c2)CCN3C(=O)c2cccc(C)c2)cc1. The van der Waals surface area contributed by atoms with Crippen LogP contribution >= 0.6 is 0 Å². The van der Waals surface area contributed by atoms with Gasteiger partial charge in [0.15, 0.2) is 0 Å². The molecule has 0 unspecified atom stereocenters. The Balaban J connectivity index is 1.48. The zero-order valence-electron chi connectivity index (χ0n) is 17.1. The third-order valence-electron chi connectivity index (χ3n) is 5.35. The first-order valence-electron chi connectivity index (χ1n) is 9.90. The Hall–Kier alpha value is -2.96. The molecule has 3 aromatic rings. The van der Waals surface area contributed by atoms with Crippen molar-refractivity contribution in [2.45, 2.75) is 31.7 Å². The van der Waals surface area contributed by atoms with Crippen LogP contribution in [0.4, 0.5) is 5.69 Å². The fourth-order valence-corrected chi connectivity index (χ4v) is 4.71. The minimum atomic E-state index is -3.57. The summed E-state index contributed by atoms with van der Waals surface area (Å²) >= 11 is 0. The highest BCUT2D eigenvalue weighted by atomic mass is 32.2. The number of carbonyl (C=O) groups excluding carboxylic acids is 1. The maximum atomic E-state index is 12.9. The van der Waals surface area contributed by atoms with Crippen molar-refractivity contribution in [1.82, 2.24) is 4.72 Å². The first kappa shape index (κ1) is 20.3. The zero-order chi connectivity index (χ0) is 21.3. The summed E-state index contributed by atoms with van der Waals surface area (Å²) in [4.78, 5) is 15.0. The minimum Gasteiger partial charge on any atom is -0.308 e. The molecule has 1 amide bonds. The van der Waals surface area contributed by atoms with Crippen molar-refractivity contribution in [3.8, 4) is 0 Å². The van der Waals surface area contributed by atoms with Crippen LogP contribution in [-0.2, 0) is 23.0 Å². The van der Waals surface area contributed by atoms with Crippen LogP contribution < -0.4 is 9.62 Å². The fraction of sp³-hybridized carbons (Fsp3) is 0.208. The van der Waals surface area contributed by atoms with Gasteiger partial charge in [0, 0.05) is 24.3 Å². The van der Waals surface area contributed by atoms with E-state index in [0.717, 1.165) is 34.4 Å². The van der Waals surface area contributed by atoms with Crippen molar-refractivity contribution >= 4 is 21.6 Å². The lowest BCUT2D eigenvalue weighted by atomic mass is 10.1. The van der Waals surface area contributed by atoms with E-state index in [4.69, 9.17) is 0 Å². The van der Waals surface area contributed by atoms with E-state index in [0.29, 0.717) is 12.1 Å². The van der Waals surface area contributed by atoms with E-state index in [9.17, 15) is 13.2 Å². The predicted octanol–water partition coefficient (Wildman–Crippen LogP) is 3.98. The molecule has 5 nitrogen and oxygen atoms in total. The van der Waals surface area contributed by atoms with E-state index >= 15 is 0 Å². The topological polar surface area (TPSA) is 66.5 Å². The first-order chi connectivity index (χ1) is 14.3. The van der Waals surface area contributed by atoms with Gasteiger partial charge in [-0.2, -0.15) is 0 Å².